The van der Waals surface area contributed by atoms with Crippen molar-refractivity contribution in [3.63, 3.8) is 0 Å². The third kappa shape index (κ3) is 6.13. The van der Waals surface area contributed by atoms with Crippen LogP contribution in [0.4, 0.5) is 0 Å². The Kier molecular flexibility index (Phi) is 8.66. The van der Waals surface area contributed by atoms with E-state index < -0.39 is 0 Å². The minimum Gasteiger partial charge on any atom is -0.496 e. The lowest BCUT2D eigenvalue weighted by Gasteiger charge is -2.30. The van der Waals surface area contributed by atoms with Gasteiger partial charge in [-0.05, 0) is 70.5 Å². The molecule has 2 aromatic heterocycles. The number of pyridine rings is 1. The molecule has 0 bridgehead atoms. The number of nitrogens with zero attached hydrogens (tertiary/aromatic N) is 5. The lowest BCUT2D eigenvalue weighted by atomic mass is 10.0. The maximum absolute atomic E-state index is 13.3. The van der Waals surface area contributed by atoms with Gasteiger partial charge in [-0.15, -0.1) is 5.10 Å². The van der Waals surface area contributed by atoms with E-state index in [1.165, 1.54) is 11.1 Å². The van der Waals surface area contributed by atoms with Crippen molar-refractivity contribution in [1.29, 1.82) is 0 Å². The zero-order chi connectivity index (χ0) is 27.9. The van der Waals surface area contributed by atoms with Gasteiger partial charge in [-0.25, -0.2) is 4.68 Å². The number of para-hydroxylation sites is 1. The number of benzene rings is 3. The number of rotatable bonds is 12. The van der Waals surface area contributed by atoms with Gasteiger partial charge in [0.25, 0.3) is 5.56 Å². The molecule has 0 aliphatic carbocycles. The average Bonchev–Trinajstić information content (AvgIpc) is 3.45. The van der Waals surface area contributed by atoms with Crippen LogP contribution in [0.1, 0.15) is 54.4 Å². The highest BCUT2D eigenvalue weighted by molar-refractivity contribution is 5.79. The second kappa shape index (κ2) is 12.7. The van der Waals surface area contributed by atoms with Gasteiger partial charge < -0.3 is 9.72 Å². The first-order valence-electron chi connectivity index (χ1n) is 13.9. The normalized spacial score (nSPS) is 12.2. The molecule has 0 aliphatic heterocycles. The Balaban J connectivity index is 1.51. The summed E-state index contributed by atoms with van der Waals surface area (Å²) in [5, 5.41) is 13.9. The van der Waals surface area contributed by atoms with Gasteiger partial charge in [-0.3, -0.25) is 9.69 Å². The third-order valence-corrected chi connectivity index (χ3v) is 7.47. The maximum atomic E-state index is 13.3. The second-order valence-electron chi connectivity index (χ2n) is 10.0. The van der Waals surface area contributed by atoms with Crippen LogP contribution in [0.5, 0.6) is 5.75 Å². The maximum Gasteiger partial charge on any atom is 0.252 e. The molecule has 206 valence electrons. The summed E-state index contributed by atoms with van der Waals surface area (Å²) in [6.07, 6.45) is 2.53. The van der Waals surface area contributed by atoms with E-state index in [1.807, 2.05) is 53.2 Å². The molecule has 3 aromatic carbocycles. The zero-order valence-electron chi connectivity index (χ0n) is 23.4. The van der Waals surface area contributed by atoms with Crippen LogP contribution in [0.3, 0.4) is 0 Å². The van der Waals surface area contributed by atoms with Crippen LogP contribution >= 0.6 is 0 Å². The molecule has 0 radical (unpaired) electrons. The van der Waals surface area contributed by atoms with E-state index in [0.29, 0.717) is 25.2 Å². The van der Waals surface area contributed by atoms with Gasteiger partial charge in [0.05, 0.1) is 13.2 Å². The SMILES string of the molecule is CCc1ccc2[nH]c(=O)c(CN(Cc3ccccc3OC)[C@@H](CC)c3nnnn3CCc3ccccc3)cc2c1. The Morgan fingerprint density at radius 1 is 0.925 bits per heavy atom. The molecule has 0 unspecified atom stereocenters. The number of hydrogen-bond donors (Lipinski definition) is 1. The highest BCUT2D eigenvalue weighted by Gasteiger charge is 2.27. The van der Waals surface area contributed by atoms with Crippen LogP contribution in [-0.4, -0.2) is 37.2 Å². The van der Waals surface area contributed by atoms with Gasteiger partial charge in [-0.1, -0.05) is 68.4 Å². The smallest absolute Gasteiger partial charge is 0.252 e. The third-order valence-electron chi connectivity index (χ3n) is 7.47. The van der Waals surface area contributed by atoms with Crippen LogP contribution < -0.4 is 10.3 Å². The summed E-state index contributed by atoms with van der Waals surface area (Å²) in [7, 11) is 1.68. The van der Waals surface area contributed by atoms with Gasteiger partial charge in [-0.2, -0.15) is 0 Å². The van der Waals surface area contributed by atoms with E-state index in [0.717, 1.165) is 47.3 Å². The van der Waals surface area contributed by atoms with Crippen LogP contribution in [0.25, 0.3) is 10.9 Å². The Morgan fingerprint density at radius 2 is 1.70 bits per heavy atom. The fourth-order valence-corrected chi connectivity index (χ4v) is 5.28. The number of aromatic amines is 1. The van der Waals surface area contributed by atoms with E-state index in [9.17, 15) is 4.79 Å². The zero-order valence-corrected chi connectivity index (χ0v) is 23.4. The fourth-order valence-electron chi connectivity index (χ4n) is 5.28. The second-order valence-corrected chi connectivity index (χ2v) is 10.0. The molecule has 8 heteroatoms. The largest absolute Gasteiger partial charge is 0.496 e. The van der Waals surface area contributed by atoms with Crippen molar-refractivity contribution < 1.29 is 4.74 Å². The summed E-state index contributed by atoms with van der Waals surface area (Å²) < 4.78 is 7.58. The number of hydrogen-bond acceptors (Lipinski definition) is 6. The molecule has 0 amide bonds. The fraction of sp³-hybridized carbons (Fsp3) is 0.312. The number of nitrogens with one attached hydrogen (secondary N) is 1. The quantitative estimate of drug-likeness (QED) is 0.227. The summed E-state index contributed by atoms with van der Waals surface area (Å²) in [5.41, 5.74) is 4.98. The van der Waals surface area contributed by atoms with Crippen molar-refractivity contribution in [2.45, 2.75) is 58.8 Å². The Morgan fingerprint density at radius 3 is 2.48 bits per heavy atom. The Bertz CT molecular complexity index is 1610. The number of aromatic nitrogens is 5. The van der Waals surface area contributed by atoms with E-state index in [-0.39, 0.29) is 11.6 Å². The number of H-pyrrole nitrogens is 1. The highest BCUT2D eigenvalue weighted by atomic mass is 16.5. The summed E-state index contributed by atoms with van der Waals surface area (Å²) in [5.74, 6) is 1.60. The van der Waals surface area contributed by atoms with Crippen molar-refractivity contribution in [2.75, 3.05) is 7.11 Å². The molecule has 5 aromatic rings. The molecule has 5 rings (SSSR count). The number of tetrazole rings is 1. The van der Waals surface area contributed by atoms with Gasteiger partial charge in [0.1, 0.15) is 5.75 Å². The van der Waals surface area contributed by atoms with Gasteiger partial charge >= 0.3 is 0 Å². The van der Waals surface area contributed by atoms with Gasteiger partial charge in [0.2, 0.25) is 0 Å². The summed E-state index contributed by atoms with van der Waals surface area (Å²) in [6, 6.07) is 26.5. The van der Waals surface area contributed by atoms with E-state index in [4.69, 9.17) is 4.74 Å². The van der Waals surface area contributed by atoms with Crippen LogP contribution in [0.2, 0.25) is 0 Å². The summed E-state index contributed by atoms with van der Waals surface area (Å²) in [4.78, 5) is 18.6. The number of ether oxygens (including phenoxy) is 1. The van der Waals surface area contributed by atoms with Gasteiger partial charge in [0.15, 0.2) is 5.82 Å². The highest BCUT2D eigenvalue weighted by Crippen LogP contribution is 2.29. The standard InChI is InChI=1S/C32H36N6O2/c1-4-23-15-16-28-26(19-23)20-27(32(39)33-28)22-37(21-25-13-9-10-14-30(25)40-3)29(5-2)31-34-35-36-38(31)18-17-24-11-7-6-8-12-24/h6-16,19-20,29H,4-5,17-18,21-22H2,1-3H3,(H,33,39)/t29-/m0/s1. The lowest BCUT2D eigenvalue weighted by Crippen LogP contribution is -2.32. The molecule has 8 nitrogen and oxygen atoms in total. The first-order valence-corrected chi connectivity index (χ1v) is 13.9. The minimum atomic E-state index is -0.118. The van der Waals surface area contributed by atoms with Crippen molar-refractivity contribution in [1.82, 2.24) is 30.1 Å². The number of fused-ring (bicyclic) bond motifs is 1. The minimum absolute atomic E-state index is 0.0831. The Hall–Kier alpha value is -4.30. The first kappa shape index (κ1) is 27.3. The first-order chi connectivity index (χ1) is 19.6. The molecule has 0 fully saturated rings. The molecular weight excluding hydrogens is 500 g/mol. The predicted molar refractivity (Wildman–Crippen MR) is 157 cm³/mol. The monoisotopic (exact) mass is 536 g/mol. The van der Waals surface area contributed by atoms with Crippen LogP contribution in [-0.2, 0) is 32.5 Å². The predicted octanol–water partition coefficient (Wildman–Crippen LogP) is 5.48. The molecule has 0 aliphatic rings. The van der Waals surface area contributed by atoms with Crippen LogP contribution in [0, 0.1) is 0 Å². The number of methoxy groups -OCH3 is 1. The van der Waals surface area contributed by atoms with E-state index in [2.05, 4.69) is 69.6 Å². The van der Waals surface area contributed by atoms with Gasteiger partial charge in [0, 0.05) is 36.3 Å². The Labute approximate surface area is 234 Å². The average molecular weight is 537 g/mol. The molecule has 0 spiro atoms. The van der Waals surface area contributed by atoms with Crippen molar-refractivity contribution in [2.24, 2.45) is 0 Å². The molecule has 2 heterocycles. The molecule has 1 atom stereocenters. The number of aryl methyl sites for hydroxylation is 3. The van der Waals surface area contributed by atoms with Crippen molar-refractivity contribution in [3.05, 3.63) is 117 Å². The van der Waals surface area contributed by atoms with Crippen molar-refractivity contribution >= 4 is 10.9 Å². The molecule has 1 N–H and O–H groups in total. The van der Waals surface area contributed by atoms with Crippen LogP contribution in [0.15, 0.2) is 83.7 Å². The van der Waals surface area contributed by atoms with Crippen molar-refractivity contribution in [3.8, 4) is 5.75 Å². The van der Waals surface area contributed by atoms with E-state index in [1.54, 1.807) is 7.11 Å². The molecular formula is C32H36N6O2. The lowest BCUT2D eigenvalue weighted by molar-refractivity contribution is 0.159. The molecule has 40 heavy (non-hydrogen) atoms. The molecule has 0 saturated carbocycles. The summed E-state index contributed by atoms with van der Waals surface area (Å²) in [6.45, 7) is 5.94. The van der Waals surface area contributed by atoms with E-state index >= 15 is 0 Å². The topological polar surface area (TPSA) is 88.9 Å². The summed E-state index contributed by atoms with van der Waals surface area (Å²) >= 11 is 0. The molecule has 0 saturated heterocycles.